The molecule has 6 heteroatoms. The van der Waals surface area contributed by atoms with E-state index in [1.54, 1.807) is 12.1 Å². The van der Waals surface area contributed by atoms with Crippen molar-refractivity contribution in [1.29, 1.82) is 0 Å². The Morgan fingerprint density at radius 1 is 1.35 bits per heavy atom. The molecule has 3 rings (SSSR count). The summed E-state index contributed by atoms with van der Waals surface area (Å²) in [5.41, 5.74) is 5.74. The van der Waals surface area contributed by atoms with Gasteiger partial charge >= 0.3 is 0 Å². The van der Waals surface area contributed by atoms with Crippen molar-refractivity contribution in [3.8, 4) is 5.75 Å². The molecule has 1 aromatic carbocycles. The molecule has 2 aromatic rings. The number of nitrogens with two attached hydrogens (primary N) is 1. The normalized spacial score (nSPS) is 17.3. The van der Waals surface area contributed by atoms with Gasteiger partial charge in [-0.05, 0) is 25.0 Å². The molecule has 0 aliphatic heterocycles. The van der Waals surface area contributed by atoms with Crippen LogP contribution in [-0.4, -0.2) is 10.1 Å². The van der Waals surface area contributed by atoms with Gasteiger partial charge in [-0.3, -0.25) is 0 Å². The summed E-state index contributed by atoms with van der Waals surface area (Å²) in [5.74, 6) is 0.969. The van der Waals surface area contributed by atoms with Crippen LogP contribution in [0.2, 0.25) is 0 Å². The van der Waals surface area contributed by atoms with Gasteiger partial charge in [-0.2, -0.15) is 4.98 Å². The van der Waals surface area contributed by atoms with Crippen LogP contribution in [0.3, 0.4) is 0 Å². The Labute approximate surface area is 115 Å². The molecule has 1 aromatic heterocycles. The van der Waals surface area contributed by atoms with Crippen LogP contribution in [0.25, 0.3) is 0 Å². The second-order valence-electron chi connectivity index (χ2n) is 5.13. The Morgan fingerprint density at radius 2 is 2.15 bits per heavy atom. The van der Waals surface area contributed by atoms with Crippen molar-refractivity contribution in [2.45, 2.75) is 37.8 Å². The van der Waals surface area contributed by atoms with Crippen LogP contribution in [0.15, 0.2) is 28.8 Å². The van der Waals surface area contributed by atoms with Crippen LogP contribution < -0.4 is 10.5 Å². The van der Waals surface area contributed by atoms with E-state index >= 15 is 0 Å². The van der Waals surface area contributed by atoms with E-state index in [0.29, 0.717) is 17.5 Å². The van der Waals surface area contributed by atoms with Gasteiger partial charge in [-0.15, -0.1) is 0 Å². The third kappa shape index (κ3) is 2.65. The molecule has 1 aliphatic rings. The fourth-order valence-corrected chi connectivity index (χ4v) is 2.44. The zero-order valence-corrected chi connectivity index (χ0v) is 11.0. The molecule has 1 heterocycles. The molecule has 0 atom stereocenters. The number of nitrogens with zero attached hydrogens (tertiary/aromatic N) is 2. The minimum absolute atomic E-state index is 0.128. The van der Waals surface area contributed by atoms with Crippen molar-refractivity contribution in [2.75, 3.05) is 0 Å². The van der Waals surface area contributed by atoms with Crippen LogP contribution in [0.4, 0.5) is 4.39 Å². The summed E-state index contributed by atoms with van der Waals surface area (Å²) >= 11 is 0. The van der Waals surface area contributed by atoms with Crippen molar-refractivity contribution in [3.05, 3.63) is 41.8 Å². The molecule has 1 fully saturated rings. The van der Waals surface area contributed by atoms with E-state index < -0.39 is 5.54 Å². The summed E-state index contributed by atoms with van der Waals surface area (Å²) in [6, 6.07) is 5.92. The lowest BCUT2D eigenvalue weighted by molar-refractivity contribution is 0.269. The number of ether oxygens (including phenoxy) is 1. The third-order valence-corrected chi connectivity index (χ3v) is 3.55. The average Bonchev–Trinajstić information content (AvgIpc) is 3.06. The van der Waals surface area contributed by atoms with E-state index in [9.17, 15) is 4.39 Å². The first-order chi connectivity index (χ1) is 9.66. The van der Waals surface area contributed by atoms with Crippen molar-refractivity contribution < 1.29 is 13.7 Å². The van der Waals surface area contributed by atoms with E-state index in [-0.39, 0.29) is 12.4 Å². The lowest BCUT2D eigenvalue weighted by atomic mass is 9.99. The third-order valence-electron chi connectivity index (χ3n) is 3.55. The zero-order valence-electron chi connectivity index (χ0n) is 11.0. The zero-order chi connectivity index (χ0) is 14.0. The smallest absolute Gasteiger partial charge is 0.246 e. The van der Waals surface area contributed by atoms with Gasteiger partial charge in [0, 0.05) is 6.07 Å². The highest BCUT2D eigenvalue weighted by Gasteiger charge is 2.36. The number of hydrogen-bond donors (Lipinski definition) is 1. The van der Waals surface area contributed by atoms with E-state index in [4.69, 9.17) is 15.0 Å². The van der Waals surface area contributed by atoms with Gasteiger partial charge < -0.3 is 15.0 Å². The maximum atomic E-state index is 13.0. The molecule has 1 aliphatic carbocycles. The molecular weight excluding hydrogens is 261 g/mol. The molecular formula is C14H16FN3O2. The van der Waals surface area contributed by atoms with Gasteiger partial charge in [0.1, 0.15) is 11.6 Å². The van der Waals surface area contributed by atoms with Crippen LogP contribution in [0.5, 0.6) is 5.75 Å². The molecule has 0 amide bonds. The van der Waals surface area contributed by atoms with Crippen molar-refractivity contribution in [2.24, 2.45) is 5.73 Å². The molecule has 0 unspecified atom stereocenters. The Bertz CT molecular complexity index is 594. The van der Waals surface area contributed by atoms with Crippen LogP contribution in [0.1, 0.15) is 37.4 Å². The fourth-order valence-electron chi connectivity index (χ4n) is 2.44. The first-order valence-electron chi connectivity index (χ1n) is 6.66. The second-order valence-corrected chi connectivity index (χ2v) is 5.13. The van der Waals surface area contributed by atoms with Gasteiger partial charge in [-0.1, -0.05) is 24.1 Å². The SMILES string of the molecule is NC1(c2nc(COc3cccc(F)c3)no2)CCCC1. The molecule has 2 N–H and O–H groups in total. The highest BCUT2D eigenvalue weighted by molar-refractivity contribution is 5.22. The molecule has 1 saturated carbocycles. The molecule has 0 radical (unpaired) electrons. The molecule has 106 valence electrons. The first kappa shape index (κ1) is 13.1. The molecule has 0 saturated heterocycles. The summed E-state index contributed by atoms with van der Waals surface area (Å²) in [5, 5.41) is 3.86. The van der Waals surface area contributed by atoms with Gasteiger partial charge in [0.25, 0.3) is 0 Å². The lowest BCUT2D eigenvalue weighted by Gasteiger charge is -2.17. The number of hydrogen-bond acceptors (Lipinski definition) is 5. The highest BCUT2D eigenvalue weighted by Crippen LogP contribution is 2.35. The topological polar surface area (TPSA) is 74.2 Å². The van der Waals surface area contributed by atoms with E-state index in [1.165, 1.54) is 12.1 Å². The Balaban J connectivity index is 1.65. The van der Waals surface area contributed by atoms with Gasteiger partial charge in [0.2, 0.25) is 11.7 Å². The number of benzene rings is 1. The van der Waals surface area contributed by atoms with Crippen LogP contribution in [0, 0.1) is 5.82 Å². The quantitative estimate of drug-likeness (QED) is 0.929. The van der Waals surface area contributed by atoms with Crippen molar-refractivity contribution in [1.82, 2.24) is 10.1 Å². The summed E-state index contributed by atoms with van der Waals surface area (Å²) in [6.07, 6.45) is 3.88. The highest BCUT2D eigenvalue weighted by atomic mass is 19.1. The Morgan fingerprint density at radius 3 is 2.90 bits per heavy atom. The Hall–Kier alpha value is -1.95. The van der Waals surface area contributed by atoms with Crippen LogP contribution in [-0.2, 0) is 12.1 Å². The number of aromatic nitrogens is 2. The van der Waals surface area contributed by atoms with E-state index in [2.05, 4.69) is 10.1 Å². The van der Waals surface area contributed by atoms with Gasteiger partial charge in [0.05, 0.1) is 5.54 Å². The Kier molecular flexibility index (Phi) is 3.40. The maximum Gasteiger partial charge on any atom is 0.246 e. The summed E-state index contributed by atoms with van der Waals surface area (Å²) in [6.45, 7) is 0.128. The minimum atomic E-state index is -0.496. The van der Waals surface area contributed by atoms with E-state index in [0.717, 1.165) is 25.7 Å². The van der Waals surface area contributed by atoms with Crippen LogP contribution >= 0.6 is 0 Å². The predicted octanol–water partition coefficient (Wildman–Crippen LogP) is 2.52. The summed E-state index contributed by atoms with van der Waals surface area (Å²) < 4.78 is 23.6. The maximum absolute atomic E-state index is 13.0. The van der Waals surface area contributed by atoms with Crippen molar-refractivity contribution in [3.63, 3.8) is 0 Å². The number of halogens is 1. The predicted molar refractivity (Wildman–Crippen MR) is 69.4 cm³/mol. The fraction of sp³-hybridized carbons (Fsp3) is 0.429. The second kappa shape index (κ2) is 5.20. The summed E-state index contributed by atoms with van der Waals surface area (Å²) in [4.78, 5) is 4.28. The number of rotatable bonds is 4. The first-order valence-corrected chi connectivity index (χ1v) is 6.66. The summed E-state index contributed by atoms with van der Waals surface area (Å²) in [7, 11) is 0. The minimum Gasteiger partial charge on any atom is -0.485 e. The van der Waals surface area contributed by atoms with Crippen molar-refractivity contribution >= 4 is 0 Å². The molecule has 20 heavy (non-hydrogen) atoms. The largest absolute Gasteiger partial charge is 0.485 e. The monoisotopic (exact) mass is 277 g/mol. The van der Waals surface area contributed by atoms with Gasteiger partial charge in [-0.25, -0.2) is 4.39 Å². The average molecular weight is 277 g/mol. The molecule has 5 nitrogen and oxygen atoms in total. The van der Waals surface area contributed by atoms with Gasteiger partial charge in [0.15, 0.2) is 6.61 Å². The standard InChI is InChI=1S/C14H16FN3O2/c15-10-4-3-5-11(8-10)19-9-12-17-13(20-18-12)14(16)6-1-2-7-14/h3-5,8H,1-2,6-7,9,16H2. The van der Waals surface area contributed by atoms with E-state index in [1.807, 2.05) is 0 Å². The molecule has 0 bridgehead atoms. The molecule has 0 spiro atoms. The lowest BCUT2D eigenvalue weighted by Crippen LogP contribution is -2.33.